The molecule has 2 rings (SSSR count). The van der Waals surface area contributed by atoms with Crippen LogP contribution in [0.1, 0.15) is 78.3 Å². The second kappa shape index (κ2) is 10.3. The molecule has 0 aromatic heterocycles. The van der Waals surface area contributed by atoms with Gasteiger partial charge in [0.05, 0.1) is 6.04 Å². The van der Waals surface area contributed by atoms with Crippen LogP contribution in [0.15, 0.2) is 24.3 Å². The van der Waals surface area contributed by atoms with E-state index in [-0.39, 0.29) is 23.9 Å². The Hall–Kier alpha value is -1.75. The minimum Gasteiger partial charge on any atom is -0.444 e. The molecule has 1 aliphatic carbocycles. The van der Waals surface area contributed by atoms with E-state index in [0.717, 1.165) is 24.8 Å². The average molecular weight is 423 g/mol. The maximum Gasteiger partial charge on any atom is 0.407 e. The largest absolute Gasteiger partial charge is 0.444 e. The second-order valence-electron chi connectivity index (χ2n) is 9.01. The maximum absolute atomic E-state index is 12.9. The van der Waals surface area contributed by atoms with Crippen molar-refractivity contribution in [2.75, 3.05) is 0 Å². The summed E-state index contributed by atoms with van der Waals surface area (Å²) >= 11 is 6.20. The molecule has 1 unspecified atom stereocenters. The quantitative estimate of drug-likeness (QED) is 0.570. The number of ether oxygens (including phenoxy) is 1. The molecule has 5 nitrogen and oxygen atoms in total. The van der Waals surface area contributed by atoms with Crippen molar-refractivity contribution in [1.29, 1.82) is 0 Å². The predicted molar refractivity (Wildman–Crippen MR) is 117 cm³/mol. The van der Waals surface area contributed by atoms with Crippen molar-refractivity contribution >= 4 is 23.6 Å². The number of hydrogen-bond donors (Lipinski definition) is 2. The molecule has 0 spiro atoms. The van der Waals surface area contributed by atoms with Gasteiger partial charge >= 0.3 is 6.09 Å². The molecule has 0 saturated heterocycles. The number of benzene rings is 1. The lowest BCUT2D eigenvalue weighted by molar-refractivity contribution is -0.129. The Bertz CT molecular complexity index is 696. The third-order valence-electron chi connectivity index (χ3n) is 5.39. The third kappa shape index (κ3) is 7.22. The number of amides is 2. The van der Waals surface area contributed by atoms with Crippen molar-refractivity contribution in [3.63, 3.8) is 0 Å². The van der Waals surface area contributed by atoms with Gasteiger partial charge in [-0.05, 0) is 63.6 Å². The smallest absolute Gasteiger partial charge is 0.407 e. The maximum atomic E-state index is 12.9. The summed E-state index contributed by atoms with van der Waals surface area (Å²) in [5.74, 6) is 0.320. The first kappa shape index (κ1) is 23.5. The highest BCUT2D eigenvalue weighted by Gasteiger charge is 2.37. The molecule has 1 saturated carbocycles. The summed E-state index contributed by atoms with van der Waals surface area (Å²) in [4.78, 5) is 24.8. The van der Waals surface area contributed by atoms with Crippen LogP contribution in [0.3, 0.4) is 0 Å². The fourth-order valence-corrected chi connectivity index (χ4v) is 4.04. The molecule has 1 aromatic rings. The lowest BCUT2D eigenvalue weighted by Crippen LogP contribution is -2.51. The van der Waals surface area contributed by atoms with E-state index < -0.39 is 11.7 Å². The van der Waals surface area contributed by atoms with Crippen molar-refractivity contribution in [3.05, 3.63) is 34.9 Å². The fraction of sp³-hybridized carbons (Fsp3) is 0.652. The number of carbonyl (C=O) groups is 2. The van der Waals surface area contributed by atoms with E-state index in [0.29, 0.717) is 23.8 Å². The number of rotatable bonds is 8. The van der Waals surface area contributed by atoms with Crippen LogP contribution in [0.4, 0.5) is 4.79 Å². The van der Waals surface area contributed by atoms with E-state index in [1.54, 1.807) is 0 Å². The van der Waals surface area contributed by atoms with Gasteiger partial charge in [-0.2, -0.15) is 0 Å². The zero-order chi connectivity index (χ0) is 21.6. The van der Waals surface area contributed by atoms with Gasteiger partial charge in [0.25, 0.3) is 0 Å². The van der Waals surface area contributed by atoms with Crippen LogP contribution in [0.2, 0.25) is 5.02 Å². The van der Waals surface area contributed by atoms with E-state index >= 15 is 0 Å². The number of nitrogens with one attached hydrogen (secondary N) is 2. The van der Waals surface area contributed by atoms with Gasteiger partial charge in [0.1, 0.15) is 5.60 Å². The topological polar surface area (TPSA) is 67.4 Å². The summed E-state index contributed by atoms with van der Waals surface area (Å²) < 4.78 is 5.28. The molecule has 1 aromatic carbocycles. The van der Waals surface area contributed by atoms with Gasteiger partial charge in [-0.15, -0.1) is 0 Å². The van der Waals surface area contributed by atoms with Crippen molar-refractivity contribution in [2.45, 2.75) is 84.4 Å². The lowest BCUT2D eigenvalue weighted by Gasteiger charge is -2.37. The van der Waals surface area contributed by atoms with Crippen molar-refractivity contribution in [3.8, 4) is 0 Å². The predicted octanol–water partition coefficient (Wildman–Crippen LogP) is 5.63. The summed E-state index contributed by atoms with van der Waals surface area (Å²) in [5.41, 5.74) is 0.525. The first-order valence-electron chi connectivity index (χ1n) is 10.7. The van der Waals surface area contributed by atoms with Gasteiger partial charge < -0.3 is 15.4 Å². The molecule has 1 aliphatic rings. The highest BCUT2D eigenvalue weighted by Crippen LogP contribution is 2.33. The Kier molecular flexibility index (Phi) is 8.38. The lowest BCUT2D eigenvalue weighted by atomic mass is 9.79. The third-order valence-corrected chi connectivity index (χ3v) is 5.63. The Morgan fingerprint density at radius 2 is 1.93 bits per heavy atom. The molecule has 162 valence electrons. The fourth-order valence-electron chi connectivity index (χ4n) is 3.85. The zero-order valence-electron chi connectivity index (χ0n) is 18.3. The Morgan fingerprint density at radius 1 is 1.24 bits per heavy atom. The summed E-state index contributed by atoms with van der Waals surface area (Å²) in [7, 11) is 0. The average Bonchev–Trinajstić information content (AvgIpc) is 2.59. The van der Waals surface area contributed by atoms with Crippen LogP contribution in [-0.2, 0) is 9.53 Å². The normalized spacial score (nSPS) is 20.9. The van der Waals surface area contributed by atoms with Gasteiger partial charge in [0.15, 0.2) is 0 Å². The number of halogens is 1. The minimum absolute atomic E-state index is 0.0113. The molecular formula is C23H35ClN2O3. The number of hydrogen-bond acceptors (Lipinski definition) is 3. The summed E-state index contributed by atoms with van der Waals surface area (Å²) in [6.07, 6.45) is 3.94. The summed E-state index contributed by atoms with van der Waals surface area (Å²) in [5, 5.41) is 6.79. The van der Waals surface area contributed by atoms with Crippen molar-refractivity contribution in [2.24, 2.45) is 11.8 Å². The van der Waals surface area contributed by atoms with E-state index in [9.17, 15) is 9.59 Å². The van der Waals surface area contributed by atoms with Crippen molar-refractivity contribution in [1.82, 2.24) is 10.6 Å². The van der Waals surface area contributed by atoms with Crippen LogP contribution in [0, 0.1) is 11.8 Å². The van der Waals surface area contributed by atoms with Gasteiger partial charge in [-0.3, -0.25) is 4.79 Å². The summed E-state index contributed by atoms with van der Waals surface area (Å²) in [6, 6.07) is 7.69. The Labute approximate surface area is 179 Å². The van der Waals surface area contributed by atoms with Gasteiger partial charge in [0, 0.05) is 17.0 Å². The molecule has 0 bridgehead atoms. The Morgan fingerprint density at radius 3 is 2.48 bits per heavy atom. The molecular weight excluding hydrogens is 388 g/mol. The van der Waals surface area contributed by atoms with E-state index in [2.05, 4.69) is 24.5 Å². The molecule has 1 fully saturated rings. The molecule has 2 N–H and O–H groups in total. The van der Waals surface area contributed by atoms with Gasteiger partial charge in [-0.25, -0.2) is 4.79 Å². The van der Waals surface area contributed by atoms with E-state index in [4.69, 9.17) is 16.3 Å². The van der Waals surface area contributed by atoms with Gasteiger partial charge in [0.2, 0.25) is 5.91 Å². The monoisotopic (exact) mass is 422 g/mol. The van der Waals surface area contributed by atoms with Crippen LogP contribution in [0.5, 0.6) is 0 Å². The van der Waals surface area contributed by atoms with Crippen LogP contribution >= 0.6 is 11.6 Å². The molecule has 0 heterocycles. The second-order valence-corrected chi connectivity index (χ2v) is 9.45. The first-order valence-corrected chi connectivity index (χ1v) is 11.1. The SMILES string of the molecule is CCCC(CC)[C@H](NC(=O)C1CC(NC(=O)OC(C)(C)C)C1)c1cccc(Cl)c1. The zero-order valence-corrected chi connectivity index (χ0v) is 19.0. The molecule has 6 heteroatoms. The number of carbonyl (C=O) groups excluding carboxylic acids is 2. The highest BCUT2D eigenvalue weighted by molar-refractivity contribution is 6.30. The standard InChI is InChI=1S/C23H35ClN2O3/c1-6-9-15(7-2)20(16-10-8-11-18(24)12-16)26-21(27)17-13-19(14-17)25-22(28)29-23(3,4)5/h8,10-12,15,17,19-20H,6-7,9,13-14H2,1-5H3,(H,25,28)(H,26,27)/t15?,17?,19?,20-/m0/s1. The minimum atomic E-state index is -0.525. The Balaban J connectivity index is 1.96. The van der Waals surface area contributed by atoms with Crippen LogP contribution < -0.4 is 10.6 Å². The van der Waals surface area contributed by atoms with Crippen LogP contribution in [-0.4, -0.2) is 23.6 Å². The van der Waals surface area contributed by atoms with Gasteiger partial charge in [-0.1, -0.05) is 50.4 Å². The van der Waals surface area contributed by atoms with Crippen LogP contribution in [0.25, 0.3) is 0 Å². The van der Waals surface area contributed by atoms with Crippen molar-refractivity contribution < 1.29 is 14.3 Å². The molecule has 2 atom stereocenters. The highest BCUT2D eigenvalue weighted by atomic mass is 35.5. The number of alkyl carbamates (subject to hydrolysis) is 1. The molecule has 2 amide bonds. The summed E-state index contributed by atoms with van der Waals surface area (Å²) in [6.45, 7) is 9.83. The van der Waals surface area contributed by atoms with E-state index in [1.807, 2.05) is 45.0 Å². The molecule has 0 aliphatic heterocycles. The first-order chi connectivity index (χ1) is 13.6. The molecule has 29 heavy (non-hydrogen) atoms. The van der Waals surface area contributed by atoms with E-state index in [1.165, 1.54) is 0 Å². The molecule has 0 radical (unpaired) electrons.